The summed E-state index contributed by atoms with van der Waals surface area (Å²) in [6.07, 6.45) is 0.371. The molecule has 3 nitrogen and oxygen atoms in total. The average Bonchev–Trinajstić information content (AvgIpc) is 2.28. The van der Waals surface area contributed by atoms with E-state index in [1.165, 1.54) is 0 Å². The molecule has 0 spiro atoms. The summed E-state index contributed by atoms with van der Waals surface area (Å²) in [7, 11) is 1.63. The first-order valence-corrected chi connectivity index (χ1v) is 6.41. The molecule has 0 saturated carbocycles. The summed E-state index contributed by atoms with van der Waals surface area (Å²) in [6, 6.07) is 3.69. The largest absolute Gasteiger partial charge is 0.495 e. The molecule has 0 aliphatic heterocycles. The lowest BCUT2D eigenvalue weighted by atomic mass is 9.97. The van der Waals surface area contributed by atoms with Crippen molar-refractivity contribution >= 4 is 21.7 Å². The second-order valence-electron chi connectivity index (χ2n) is 4.20. The Morgan fingerprint density at radius 2 is 2.12 bits per heavy atom. The number of carbonyl (C=O) groups is 1. The van der Waals surface area contributed by atoms with Crippen LogP contribution in [0.5, 0.6) is 5.75 Å². The summed E-state index contributed by atoms with van der Waals surface area (Å²) in [6.45, 7) is 4.52. The van der Waals surface area contributed by atoms with Crippen LogP contribution in [0.1, 0.15) is 42.1 Å². The number of halogens is 1. The Morgan fingerprint density at radius 3 is 2.59 bits per heavy atom. The highest BCUT2D eigenvalue weighted by atomic mass is 79.9. The summed E-state index contributed by atoms with van der Waals surface area (Å²) >= 11 is 3.44. The van der Waals surface area contributed by atoms with Crippen LogP contribution in [0.2, 0.25) is 0 Å². The standard InChI is InChI=1S/C13H18BrNO2/c1-8(2)10-6-9(12(16)4-5-15)7-11(14)13(10)17-3/h6-8H,4-5,15H2,1-3H3. The lowest BCUT2D eigenvalue weighted by molar-refractivity contribution is 0.0985. The molecule has 0 radical (unpaired) electrons. The first-order valence-electron chi connectivity index (χ1n) is 5.62. The van der Waals surface area contributed by atoms with Crippen molar-refractivity contribution in [3.05, 3.63) is 27.7 Å². The minimum atomic E-state index is 0.0674. The van der Waals surface area contributed by atoms with Gasteiger partial charge < -0.3 is 10.5 Å². The molecular formula is C13H18BrNO2. The van der Waals surface area contributed by atoms with Crippen molar-refractivity contribution in [2.45, 2.75) is 26.2 Å². The molecule has 4 heteroatoms. The molecule has 0 aliphatic carbocycles. The van der Waals surface area contributed by atoms with Gasteiger partial charge in [0.2, 0.25) is 0 Å². The zero-order valence-electron chi connectivity index (χ0n) is 10.4. The molecule has 1 aromatic carbocycles. The van der Waals surface area contributed by atoms with Crippen LogP contribution in [0, 0.1) is 0 Å². The lowest BCUT2D eigenvalue weighted by Crippen LogP contribution is -2.09. The molecule has 0 fully saturated rings. The molecule has 0 unspecified atom stereocenters. The van der Waals surface area contributed by atoms with Gasteiger partial charge in [-0.3, -0.25) is 4.79 Å². The van der Waals surface area contributed by atoms with E-state index in [4.69, 9.17) is 10.5 Å². The van der Waals surface area contributed by atoms with Gasteiger partial charge in [0.25, 0.3) is 0 Å². The predicted molar refractivity (Wildman–Crippen MR) is 72.8 cm³/mol. The third-order valence-electron chi connectivity index (χ3n) is 2.59. The minimum absolute atomic E-state index is 0.0674. The highest BCUT2D eigenvalue weighted by molar-refractivity contribution is 9.10. The number of nitrogens with two attached hydrogens (primary N) is 1. The van der Waals surface area contributed by atoms with Crippen molar-refractivity contribution in [3.63, 3.8) is 0 Å². The van der Waals surface area contributed by atoms with Crippen molar-refractivity contribution in [1.29, 1.82) is 0 Å². The van der Waals surface area contributed by atoms with Crippen molar-refractivity contribution in [2.24, 2.45) is 5.73 Å². The molecule has 2 N–H and O–H groups in total. The van der Waals surface area contributed by atoms with Crippen molar-refractivity contribution in [2.75, 3.05) is 13.7 Å². The Kier molecular flexibility index (Phi) is 5.15. The van der Waals surface area contributed by atoms with Gasteiger partial charge in [0.1, 0.15) is 5.75 Å². The fourth-order valence-corrected chi connectivity index (χ4v) is 2.33. The minimum Gasteiger partial charge on any atom is -0.495 e. The van der Waals surface area contributed by atoms with Crippen LogP contribution in [0.3, 0.4) is 0 Å². The zero-order valence-corrected chi connectivity index (χ0v) is 12.0. The molecule has 0 amide bonds. The maximum Gasteiger partial charge on any atom is 0.164 e. The Morgan fingerprint density at radius 1 is 1.47 bits per heavy atom. The number of Topliss-reactive ketones (excluding diaryl/α,β-unsaturated/α-hetero) is 1. The van der Waals surface area contributed by atoms with Gasteiger partial charge in [0, 0.05) is 12.0 Å². The Balaban J connectivity index is 3.24. The summed E-state index contributed by atoms with van der Waals surface area (Å²) in [5.74, 6) is 1.16. The van der Waals surface area contributed by atoms with E-state index in [0.717, 1.165) is 15.8 Å². The number of carbonyl (C=O) groups excluding carboxylic acids is 1. The summed E-state index contributed by atoms with van der Waals surface area (Å²) in [5, 5.41) is 0. The molecule has 1 aromatic rings. The van der Waals surface area contributed by atoms with E-state index in [9.17, 15) is 4.79 Å². The van der Waals surface area contributed by atoms with E-state index in [2.05, 4.69) is 29.8 Å². The van der Waals surface area contributed by atoms with E-state index in [0.29, 0.717) is 24.4 Å². The van der Waals surface area contributed by atoms with Gasteiger partial charge in [0.05, 0.1) is 11.6 Å². The fourth-order valence-electron chi connectivity index (χ4n) is 1.70. The van der Waals surface area contributed by atoms with E-state index in [-0.39, 0.29) is 5.78 Å². The molecule has 0 bridgehead atoms. The highest BCUT2D eigenvalue weighted by Crippen LogP contribution is 2.35. The number of benzene rings is 1. The monoisotopic (exact) mass is 299 g/mol. The molecule has 94 valence electrons. The van der Waals surface area contributed by atoms with E-state index >= 15 is 0 Å². The van der Waals surface area contributed by atoms with Crippen molar-refractivity contribution < 1.29 is 9.53 Å². The molecule has 0 atom stereocenters. The normalized spacial score (nSPS) is 10.7. The number of rotatable bonds is 5. The topological polar surface area (TPSA) is 52.3 Å². The summed E-state index contributed by atoms with van der Waals surface area (Å²) in [5.41, 5.74) is 7.12. The van der Waals surface area contributed by atoms with Crippen molar-refractivity contribution in [1.82, 2.24) is 0 Å². The average molecular weight is 300 g/mol. The van der Waals surface area contributed by atoms with E-state index in [1.807, 2.05) is 6.07 Å². The third kappa shape index (κ3) is 3.30. The number of ketones is 1. The molecule has 0 saturated heterocycles. The van der Waals surface area contributed by atoms with Crippen LogP contribution >= 0.6 is 15.9 Å². The fraction of sp³-hybridized carbons (Fsp3) is 0.462. The number of methoxy groups -OCH3 is 1. The van der Waals surface area contributed by atoms with Gasteiger partial charge in [-0.2, -0.15) is 0 Å². The second-order valence-corrected chi connectivity index (χ2v) is 5.05. The SMILES string of the molecule is COc1c(Br)cc(C(=O)CCN)cc1C(C)C. The van der Waals surface area contributed by atoms with Crippen molar-refractivity contribution in [3.8, 4) is 5.75 Å². The number of ether oxygens (including phenoxy) is 1. The Labute approximate surface area is 110 Å². The Bertz CT molecular complexity index is 416. The number of hydrogen-bond acceptors (Lipinski definition) is 3. The van der Waals surface area contributed by atoms with Crippen LogP contribution < -0.4 is 10.5 Å². The zero-order chi connectivity index (χ0) is 13.0. The molecule has 0 heterocycles. The first kappa shape index (κ1) is 14.2. The van der Waals surface area contributed by atoms with E-state index < -0.39 is 0 Å². The maximum atomic E-state index is 11.8. The lowest BCUT2D eigenvalue weighted by Gasteiger charge is -2.15. The van der Waals surface area contributed by atoms with Crippen LogP contribution in [0.25, 0.3) is 0 Å². The predicted octanol–water partition coefficient (Wildman–Crippen LogP) is 3.11. The van der Waals surface area contributed by atoms with Crippen LogP contribution in [-0.4, -0.2) is 19.4 Å². The number of hydrogen-bond donors (Lipinski definition) is 1. The third-order valence-corrected chi connectivity index (χ3v) is 3.18. The van der Waals surface area contributed by atoms with Crippen LogP contribution in [0.15, 0.2) is 16.6 Å². The molecule has 1 rings (SSSR count). The summed E-state index contributed by atoms with van der Waals surface area (Å²) in [4.78, 5) is 11.8. The van der Waals surface area contributed by atoms with Crippen LogP contribution in [0.4, 0.5) is 0 Å². The van der Waals surface area contributed by atoms with Gasteiger partial charge in [0.15, 0.2) is 5.78 Å². The smallest absolute Gasteiger partial charge is 0.164 e. The first-order chi connectivity index (χ1) is 8.01. The van der Waals surface area contributed by atoms with Gasteiger partial charge in [-0.15, -0.1) is 0 Å². The molecule has 17 heavy (non-hydrogen) atoms. The van der Waals surface area contributed by atoms with Gasteiger partial charge in [-0.25, -0.2) is 0 Å². The van der Waals surface area contributed by atoms with Crippen LogP contribution in [-0.2, 0) is 0 Å². The maximum absolute atomic E-state index is 11.8. The van der Waals surface area contributed by atoms with Gasteiger partial charge >= 0.3 is 0 Å². The second kappa shape index (κ2) is 6.17. The highest BCUT2D eigenvalue weighted by Gasteiger charge is 2.15. The van der Waals surface area contributed by atoms with E-state index in [1.54, 1.807) is 13.2 Å². The van der Waals surface area contributed by atoms with Gasteiger partial charge in [-0.05, 0) is 46.1 Å². The molecular weight excluding hydrogens is 282 g/mol. The molecule has 0 aliphatic rings. The molecule has 0 aromatic heterocycles. The summed E-state index contributed by atoms with van der Waals surface area (Å²) < 4.78 is 6.16. The quantitative estimate of drug-likeness (QED) is 0.850. The van der Waals surface area contributed by atoms with Gasteiger partial charge in [-0.1, -0.05) is 13.8 Å². The Hall–Kier alpha value is -0.870.